The smallest absolute Gasteiger partial charge is 0.326 e. The molecule has 6 heteroatoms. The van der Waals surface area contributed by atoms with Gasteiger partial charge < -0.3 is 4.74 Å². The second kappa shape index (κ2) is 6.11. The fraction of sp³-hybridized carbons (Fsp3) is 0.538. The van der Waals surface area contributed by atoms with Crippen LogP contribution in [0, 0.1) is 0 Å². The third kappa shape index (κ3) is 4.09. The predicted octanol–water partition coefficient (Wildman–Crippen LogP) is 2.51. The Bertz CT molecular complexity index is 450. The van der Waals surface area contributed by atoms with E-state index in [1.54, 1.807) is 12.3 Å². The highest BCUT2D eigenvalue weighted by molar-refractivity contribution is 7.99. The van der Waals surface area contributed by atoms with E-state index in [2.05, 4.69) is 10.3 Å². The summed E-state index contributed by atoms with van der Waals surface area (Å²) in [5.41, 5.74) is -0.679. The van der Waals surface area contributed by atoms with Gasteiger partial charge in [-0.25, -0.2) is 4.98 Å². The summed E-state index contributed by atoms with van der Waals surface area (Å²) in [6.45, 7) is 1.88. The van der Waals surface area contributed by atoms with Crippen LogP contribution in [0.2, 0.25) is 5.02 Å². The second-order valence-electron chi connectivity index (χ2n) is 4.85. The van der Waals surface area contributed by atoms with Crippen molar-refractivity contribution in [3.05, 3.63) is 23.4 Å². The Labute approximate surface area is 122 Å². The topological polar surface area (TPSA) is 51.2 Å². The highest BCUT2D eigenvalue weighted by atomic mass is 35.5. The predicted molar refractivity (Wildman–Crippen MR) is 76.5 cm³/mol. The molecule has 1 fully saturated rings. The van der Waals surface area contributed by atoms with Crippen LogP contribution in [-0.4, -0.2) is 35.4 Å². The summed E-state index contributed by atoms with van der Waals surface area (Å²) < 4.78 is 4.90. The van der Waals surface area contributed by atoms with E-state index in [9.17, 15) is 4.79 Å². The highest BCUT2D eigenvalue weighted by Gasteiger charge is 2.39. The van der Waals surface area contributed by atoms with E-state index in [0.29, 0.717) is 16.8 Å². The maximum absolute atomic E-state index is 11.9. The van der Waals surface area contributed by atoms with Gasteiger partial charge >= 0.3 is 5.97 Å². The Morgan fingerprint density at radius 1 is 1.63 bits per heavy atom. The fourth-order valence-electron chi connectivity index (χ4n) is 1.73. The minimum absolute atomic E-state index is 0.235. The number of carbonyl (C=O) groups excluding carboxylic acids is 1. The van der Waals surface area contributed by atoms with Crippen molar-refractivity contribution in [1.29, 1.82) is 0 Å². The summed E-state index contributed by atoms with van der Waals surface area (Å²) in [4.78, 5) is 16.1. The number of nitrogens with one attached hydrogen (secondary N) is 1. The zero-order chi connectivity index (χ0) is 13.9. The maximum Gasteiger partial charge on any atom is 0.326 e. The van der Waals surface area contributed by atoms with Crippen LogP contribution in [-0.2, 0) is 9.53 Å². The SMILES string of the molecule is COC(=O)C(C)(CSc1ccc(Cl)cn1)NC1CC1. The highest BCUT2D eigenvalue weighted by Crippen LogP contribution is 2.27. The Balaban J connectivity index is 1.99. The quantitative estimate of drug-likeness (QED) is 0.646. The minimum Gasteiger partial charge on any atom is -0.468 e. The van der Waals surface area contributed by atoms with Crippen LogP contribution in [0.3, 0.4) is 0 Å². The van der Waals surface area contributed by atoms with E-state index in [-0.39, 0.29) is 5.97 Å². The Morgan fingerprint density at radius 3 is 2.89 bits per heavy atom. The van der Waals surface area contributed by atoms with E-state index in [4.69, 9.17) is 16.3 Å². The molecule has 19 heavy (non-hydrogen) atoms. The maximum atomic E-state index is 11.9. The van der Waals surface area contributed by atoms with E-state index < -0.39 is 5.54 Å². The van der Waals surface area contributed by atoms with Gasteiger partial charge in [0.1, 0.15) is 5.54 Å². The normalized spacial score (nSPS) is 17.8. The summed E-state index contributed by atoms with van der Waals surface area (Å²) in [5, 5.41) is 4.80. The first-order chi connectivity index (χ1) is 9.03. The van der Waals surface area contributed by atoms with Gasteiger partial charge in [-0.2, -0.15) is 0 Å². The molecule has 0 aliphatic heterocycles. The molecule has 1 aliphatic rings. The van der Waals surface area contributed by atoms with Crippen molar-refractivity contribution in [2.75, 3.05) is 12.9 Å². The van der Waals surface area contributed by atoms with E-state index in [1.165, 1.54) is 18.9 Å². The number of thioether (sulfide) groups is 1. The third-order valence-electron chi connectivity index (χ3n) is 2.94. The van der Waals surface area contributed by atoms with Crippen molar-refractivity contribution >= 4 is 29.3 Å². The Kier molecular flexibility index (Phi) is 4.71. The van der Waals surface area contributed by atoms with Crippen LogP contribution in [0.4, 0.5) is 0 Å². The number of ether oxygens (including phenoxy) is 1. The molecular weight excluding hydrogens is 284 g/mol. The summed E-state index contributed by atoms with van der Waals surface area (Å²) in [7, 11) is 1.42. The molecule has 1 aromatic rings. The van der Waals surface area contributed by atoms with Gasteiger partial charge in [0.2, 0.25) is 0 Å². The minimum atomic E-state index is -0.679. The number of esters is 1. The van der Waals surface area contributed by atoms with Crippen molar-refractivity contribution in [3.63, 3.8) is 0 Å². The van der Waals surface area contributed by atoms with Gasteiger partial charge in [0.15, 0.2) is 0 Å². The molecule has 1 atom stereocenters. The molecule has 104 valence electrons. The number of aromatic nitrogens is 1. The number of halogens is 1. The van der Waals surface area contributed by atoms with Gasteiger partial charge in [-0.05, 0) is 31.9 Å². The van der Waals surface area contributed by atoms with Crippen LogP contribution in [0.1, 0.15) is 19.8 Å². The van der Waals surface area contributed by atoms with Crippen LogP contribution < -0.4 is 5.32 Å². The average Bonchev–Trinajstić information content (AvgIpc) is 3.21. The number of hydrogen-bond acceptors (Lipinski definition) is 5. The van der Waals surface area contributed by atoms with Crippen molar-refractivity contribution in [2.45, 2.75) is 36.4 Å². The van der Waals surface area contributed by atoms with Crippen molar-refractivity contribution in [1.82, 2.24) is 10.3 Å². The van der Waals surface area contributed by atoms with Crippen molar-refractivity contribution in [3.8, 4) is 0 Å². The standard InChI is InChI=1S/C13H17ClN2O2S/c1-13(12(17)18-2,16-10-4-5-10)8-19-11-6-3-9(14)7-15-11/h3,6-7,10,16H,4-5,8H2,1-2H3. The lowest BCUT2D eigenvalue weighted by Gasteiger charge is -2.27. The molecule has 1 aromatic heterocycles. The molecule has 1 N–H and O–H groups in total. The van der Waals surface area contributed by atoms with Gasteiger partial charge in [-0.1, -0.05) is 11.6 Å². The fourth-order valence-corrected chi connectivity index (χ4v) is 2.77. The molecule has 0 amide bonds. The second-order valence-corrected chi connectivity index (χ2v) is 6.28. The largest absolute Gasteiger partial charge is 0.468 e. The lowest BCUT2D eigenvalue weighted by Crippen LogP contribution is -2.53. The first-order valence-corrected chi connectivity index (χ1v) is 7.50. The molecule has 1 heterocycles. The molecule has 1 saturated carbocycles. The molecule has 0 radical (unpaired) electrons. The molecule has 0 spiro atoms. The van der Waals surface area contributed by atoms with Crippen LogP contribution >= 0.6 is 23.4 Å². The number of carbonyl (C=O) groups is 1. The molecule has 0 aromatic carbocycles. The van der Waals surface area contributed by atoms with Crippen molar-refractivity contribution in [2.24, 2.45) is 0 Å². The average molecular weight is 301 g/mol. The van der Waals surface area contributed by atoms with E-state index in [1.807, 2.05) is 13.0 Å². The van der Waals surface area contributed by atoms with E-state index >= 15 is 0 Å². The zero-order valence-electron chi connectivity index (χ0n) is 11.0. The van der Waals surface area contributed by atoms with Crippen LogP contribution in [0.5, 0.6) is 0 Å². The lowest BCUT2D eigenvalue weighted by atomic mass is 10.1. The number of hydrogen-bond donors (Lipinski definition) is 1. The lowest BCUT2D eigenvalue weighted by molar-refractivity contribution is -0.147. The van der Waals surface area contributed by atoms with Gasteiger partial charge in [-0.3, -0.25) is 10.1 Å². The first kappa shape index (κ1) is 14.6. The zero-order valence-corrected chi connectivity index (χ0v) is 12.6. The third-order valence-corrected chi connectivity index (χ3v) is 4.43. The molecule has 4 nitrogen and oxygen atoms in total. The Hall–Kier alpha value is -0.780. The number of rotatable bonds is 6. The first-order valence-electron chi connectivity index (χ1n) is 6.14. The van der Waals surface area contributed by atoms with Crippen LogP contribution in [0.25, 0.3) is 0 Å². The molecule has 0 saturated heterocycles. The molecular formula is C13H17ClN2O2S. The molecule has 1 aliphatic carbocycles. The molecule has 1 unspecified atom stereocenters. The summed E-state index contributed by atoms with van der Waals surface area (Å²) in [6, 6.07) is 4.07. The van der Waals surface area contributed by atoms with E-state index in [0.717, 1.165) is 17.9 Å². The van der Waals surface area contributed by atoms with Crippen LogP contribution in [0.15, 0.2) is 23.4 Å². The summed E-state index contributed by atoms with van der Waals surface area (Å²) in [6.07, 6.45) is 3.85. The molecule has 0 bridgehead atoms. The molecule has 2 rings (SSSR count). The van der Waals surface area contributed by atoms with Gasteiger partial charge in [-0.15, -0.1) is 11.8 Å². The number of nitrogens with zero attached hydrogens (tertiary/aromatic N) is 1. The summed E-state index contributed by atoms with van der Waals surface area (Å²) in [5.74, 6) is 0.339. The van der Waals surface area contributed by atoms with Gasteiger partial charge in [0.05, 0.1) is 17.2 Å². The number of pyridine rings is 1. The van der Waals surface area contributed by atoms with Gasteiger partial charge in [0.25, 0.3) is 0 Å². The van der Waals surface area contributed by atoms with Crippen molar-refractivity contribution < 1.29 is 9.53 Å². The Morgan fingerprint density at radius 2 is 2.37 bits per heavy atom. The number of methoxy groups -OCH3 is 1. The monoisotopic (exact) mass is 300 g/mol. The summed E-state index contributed by atoms with van der Waals surface area (Å²) >= 11 is 7.31. The van der Waals surface area contributed by atoms with Gasteiger partial charge in [0, 0.05) is 18.0 Å².